The lowest BCUT2D eigenvalue weighted by atomic mass is 9.98. The van der Waals surface area contributed by atoms with Crippen molar-refractivity contribution in [2.45, 2.75) is 19.3 Å². The van der Waals surface area contributed by atoms with Crippen LogP contribution in [0.25, 0.3) is 0 Å². The quantitative estimate of drug-likeness (QED) is 0.719. The molecule has 0 radical (unpaired) electrons. The van der Waals surface area contributed by atoms with Gasteiger partial charge in [-0.25, -0.2) is 8.78 Å². The van der Waals surface area contributed by atoms with E-state index in [1.807, 2.05) is 0 Å². The van der Waals surface area contributed by atoms with Gasteiger partial charge in [-0.05, 0) is 38.9 Å². The second-order valence-electron chi connectivity index (χ2n) is 3.82. The third-order valence-corrected chi connectivity index (χ3v) is 2.45. The first kappa shape index (κ1) is 10.9. The van der Waals surface area contributed by atoms with Gasteiger partial charge >= 0.3 is 0 Å². The molecule has 78 valence electrons. The number of nitrogens with zero attached hydrogens (tertiary/aromatic N) is 1. The lowest BCUT2D eigenvalue weighted by Gasteiger charge is -2.29. The van der Waals surface area contributed by atoms with Crippen molar-refractivity contribution >= 4 is 0 Å². The summed E-state index contributed by atoms with van der Waals surface area (Å²) in [5.74, 6) is 0.553. The van der Waals surface area contributed by atoms with E-state index in [9.17, 15) is 8.78 Å². The highest BCUT2D eigenvalue weighted by Crippen LogP contribution is 2.13. The van der Waals surface area contributed by atoms with E-state index in [1.165, 1.54) is 12.8 Å². The van der Waals surface area contributed by atoms with Crippen molar-refractivity contribution in [1.29, 1.82) is 0 Å². The van der Waals surface area contributed by atoms with Crippen LogP contribution >= 0.6 is 0 Å². The van der Waals surface area contributed by atoms with Crippen LogP contribution in [0.15, 0.2) is 0 Å². The summed E-state index contributed by atoms with van der Waals surface area (Å²) in [5, 5.41) is 2.80. The fourth-order valence-corrected chi connectivity index (χ4v) is 1.84. The Morgan fingerprint density at radius 1 is 1.54 bits per heavy atom. The number of rotatable bonds is 4. The zero-order valence-electron chi connectivity index (χ0n) is 8.10. The van der Waals surface area contributed by atoms with Crippen LogP contribution in [0, 0.1) is 5.92 Å². The number of hydrogen-bond acceptors (Lipinski definition) is 2. The van der Waals surface area contributed by atoms with Gasteiger partial charge in [0, 0.05) is 6.54 Å². The van der Waals surface area contributed by atoms with E-state index < -0.39 is 6.43 Å². The zero-order chi connectivity index (χ0) is 9.68. The van der Waals surface area contributed by atoms with E-state index in [0.29, 0.717) is 5.92 Å². The van der Waals surface area contributed by atoms with Gasteiger partial charge in [-0.2, -0.15) is 0 Å². The van der Waals surface area contributed by atoms with Crippen molar-refractivity contribution in [2.75, 3.05) is 33.2 Å². The Bertz CT molecular complexity index is 142. The van der Waals surface area contributed by atoms with Crippen LogP contribution in [0.5, 0.6) is 0 Å². The summed E-state index contributed by atoms with van der Waals surface area (Å²) >= 11 is 0. The molecule has 13 heavy (non-hydrogen) atoms. The molecule has 1 saturated heterocycles. The van der Waals surface area contributed by atoms with Crippen LogP contribution in [0.4, 0.5) is 8.78 Å². The van der Waals surface area contributed by atoms with E-state index in [2.05, 4.69) is 17.3 Å². The number of hydrogen-bond donors (Lipinski definition) is 1. The third kappa shape index (κ3) is 4.52. The molecular weight excluding hydrogens is 174 g/mol. The van der Waals surface area contributed by atoms with Crippen LogP contribution in [0.2, 0.25) is 0 Å². The Labute approximate surface area is 78.3 Å². The number of nitrogens with one attached hydrogen (secondary N) is 1. The molecule has 0 spiro atoms. The van der Waals surface area contributed by atoms with Gasteiger partial charge in [0.1, 0.15) is 0 Å². The first-order chi connectivity index (χ1) is 6.18. The van der Waals surface area contributed by atoms with Crippen molar-refractivity contribution in [3.63, 3.8) is 0 Å². The molecular formula is C9H18F2N2. The lowest BCUT2D eigenvalue weighted by Crippen LogP contribution is -2.38. The van der Waals surface area contributed by atoms with Crippen molar-refractivity contribution in [2.24, 2.45) is 5.92 Å². The Balaban J connectivity index is 2.06. The zero-order valence-corrected chi connectivity index (χ0v) is 8.10. The van der Waals surface area contributed by atoms with E-state index in [1.54, 1.807) is 0 Å². The van der Waals surface area contributed by atoms with Gasteiger partial charge in [0.05, 0.1) is 6.54 Å². The van der Waals surface area contributed by atoms with Crippen LogP contribution in [0.1, 0.15) is 12.8 Å². The normalized spacial score (nSPS) is 25.4. The SMILES string of the molecule is CN1CCCC(CNCC(F)F)C1. The van der Waals surface area contributed by atoms with Gasteiger partial charge in [-0.15, -0.1) is 0 Å². The highest BCUT2D eigenvalue weighted by atomic mass is 19.3. The van der Waals surface area contributed by atoms with Crippen LogP contribution in [-0.4, -0.2) is 44.6 Å². The molecule has 2 nitrogen and oxygen atoms in total. The molecule has 0 aromatic heterocycles. The molecule has 4 heteroatoms. The maximum Gasteiger partial charge on any atom is 0.250 e. The van der Waals surface area contributed by atoms with Crippen LogP contribution in [-0.2, 0) is 0 Å². The molecule has 0 aliphatic carbocycles. The standard InChI is InChI=1S/C9H18F2N2/c1-13-4-2-3-8(7-13)5-12-6-9(10)11/h8-9,12H,2-7H2,1H3. The maximum atomic E-state index is 11.8. The molecule has 0 aromatic carbocycles. The predicted molar refractivity (Wildman–Crippen MR) is 49.1 cm³/mol. The first-order valence-corrected chi connectivity index (χ1v) is 4.86. The number of likely N-dealkylation sites (tertiary alicyclic amines) is 1. The molecule has 1 aliphatic rings. The largest absolute Gasteiger partial charge is 0.311 e. The molecule has 1 heterocycles. The van der Waals surface area contributed by atoms with Gasteiger partial charge in [-0.3, -0.25) is 0 Å². The second-order valence-corrected chi connectivity index (χ2v) is 3.82. The summed E-state index contributed by atoms with van der Waals surface area (Å²) in [7, 11) is 2.08. The van der Waals surface area contributed by atoms with E-state index in [0.717, 1.165) is 19.6 Å². The monoisotopic (exact) mass is 192 g/mol. The van der Waals surface area contributed by atoms with E-state index in [-0.39, 0.29) is 6.54 Å². The summed E-state index contributed by atoms with van der Waals surface area (Å²) in [6.45, 7) is 2.75. The highest BCUT2D eigenvalue weighted by Gasteiger charge is 2.16. The number of alkyl halides is 2. The average Bonchev–Trinajstić information content (AvgIpc) is 2.03. The fourth-order valence-electron chi connectivity index (χ4n) is 1.84. The van der Waals surface area contributed by atoms with Gasteiger partial charge in [0.2, 0.25) is 0 Å². The fraction of sp³-hybridized carbons (Fsp3) is 1.00. The molecule has 1 N–H and O–H groups in total. The summed E-state index contributed by atoms with van der Waals surface area (Å²) < 4.78 is 23.6. The lowest BCUT2D eigenvalue weighted by molar-refractivity contribution is 0.138. The van der Waals surface area contributed by atoms with Gasteiger partial charge in [0.15, 0.2) is 0 Å². The summed E-state index contributed by atoms with van der Waals surface area (Å²) in [6.07, 6.45) is 0.138. The summed E-state index contributed by atoms with van der Waals surface area (Å²) in [5.41, 5.74) is 0. The van der Waals surface area contributed by atoms with Crippen molar-refractivity contribution < 1.29 is 8.78 Å². The Hall–Kier alpha value is -0.220. The van der Waals surface area contributed by atoms with Crippen LogP contribution in [0.3, 0.4) is 0 Å². The van der Waals surface area contributed by atoms with Crippen LogP contribution < -0.4 is 5.32 Å². The average molecular weight is 192 g/mol. The molecule has 1 rings (SSSR count). The van der Waals surface area contributed by atoms with Crippen molar-refractivity contribution in [3.05, 3.63) is 0 Å². The molecule has 0 bridgehead atoms. The molecule has 0 aromatic rings. The smallest absolute Gasteiger partial charge is 0.250 e. The van der Waals surface area contributed by atoms with Gasteiger partial charge < -0.3 is 10.2 Å². The molecule has 1 unspecified atom stereocenters. The molecule has 1 atom stereocenters. The van der Waals surface area contributed by atoms with E-state index >= 15 is 0 Å². The molecule has 0 saturated carbocycles. The highest BCUT2D eigenvalue weighted by molar-refractivity contribution is 4.72. The van der Waals surface area contributed by atoms with Gasteiger partial charge in [-0.1, -0.05) is 0 Å². The second kappa shape index (κ2) is 5.50. The maximum absolute atomic E-state index is 11.8. The summed E-state index contributed by atoms with van der Waals surface area (Å²) in [6, 6.07) is 0. The number of halogens is 2. The Kier molecular flexibility index (Phi) is 4.59. The molecule has 1 aliphatic heterocycles. The summed E-state index contributed by atoms with van der Waals surface area (Å²) in [4.78, 5) is 2.26. The Morgan fingerprint density at radius 2 is 2.31 bits per heavy atom. The topological polar surface area (TPSA) is 15.3 Å². The molecule has 0 amide bonds. The minimum absolute atomic E-state index is 0.166. The minimum Gasteiger partial charge on any atom is -0.311 e. The minimum atomic E-state index is -2.22. The van der Waals surface area contributed by atoms with E-state index in [4.69, 9.17) is 0 Å². The predicted octanol–water partition coefficient (Wildman–Crippen LogP) is 1.18. The van der Waals surface area contributed by atoms with Crippen molar-refractivity contribution in [1.82, 2.24) is 10.2 Å². The number of piperidine rings is 1. The van der Waals surface area contributed by atoms with Crippen molar-refractivity contribution in [3.8, 4) is 0 Å². The first-order valence-electron chi connectivity index (χ1n) is 4.86. The Morgan fingerprint density at radius 3 is 2.92 bits per heavy atom. The third-order valence-electron chi connectivity index (χ3n) is 2.45. The van der Waals surface area contributed by atoms with Gasteiger partial charge in [0.25, 0.3) is 6.43 Å². The molecule has 1 fully saturated rings.